The smallest absolute Gasteiger partial charge is 0.236 e. The molecule has 1 saturated carbocycles. The van der Waals surface area contributed by atoms with Crippen LogP contribution in [0.5, 0.6) is 0 Å². The van der Waals surface area contributed by atoms with Crippen LogP contribution in [0.25, 0.3) is 0 Å². The number of carbonyl (C=O) groups excluding carboxylic acids is 1. The highest BCUT2D eigenvalue weighted by atomic mass is 16.2. The van der Waals surface area contributed by atoms with Crippen LogP contribution in [0.4, 0.5) is 0 Å². The lowest BCUT2D eigenvalue weighted by atomic mass is 10.0. The van der Waals surface area contributed by atoms with Crippen LogP contribution in [0.1, 0.15) is 39.5 Å². The van der Waals surface area contributed by atoms with Crippen molar-refractivity contribution >= 4 is 5.91 Å². The van der Waals surface area contributed by atoms with E-state index in [9.17, 15) is 4.79 Å². The maximum absolute atomic E-state index is 11.3. The molecule has 3 N–H and O–H groups in total. The molecule has 0 aromatic heterocycles. The molecule has 1 fully saturated rings. The first-order chi connectivity index (χ1) is 6.13. The van der Waals surface area contributed by atoms with Crippen molar-refractivity contribution in [3.63, 3.8) is 0 Å². The number of carbonyl (C=O) groups is 1. The second-order valence-corrected chi connectivity index (χ2v) is 4.09. The molecule has 0 radical (unpaired) electrons. The normalized spacial score (nSPS) is 20.8. The first-order valence-corrected chi connectivity index (χ1v) is 5.17. The Hall–Kier alpha value is -0.570. The van der Waals surface area contributed by atoms with Crippen LogP contribution < -0.4 is 11.1 Å². The average Bonchev–Trinajstić information content (AvgIpc) is 2.93. The van der Waals surface area contributed by atoms with Gasteiger partial charge in [0.25, 0.3) is 0 Å². The van der Waals surface area contributed by atoms with E-state index < -0.39 is 0 Å². The lowest BCUT2D eigenvalue weighted by Crippen LogP contribution is -2.42. The summed E-state index contributed by atoms with van der Waals surface area (Å²) in [5.41, 5.74) is 6.02. The van der Waals surface area contributed by atoms with E-state index in [1.54, 1.807) is 0 Å². The van der Waals surface area contributed by atoms with E-state index in [-0.39, 0.29) is 11.9 Å². The maximum Gasteiger partial charge on any atom is 0.236 e. The third-order valence-electron chi connectivity index (χ3n) is 3.12. The predicted molar refractivity (Wildman–Crippen MR) is 53.2 cm³/mol. The minimum Gasteiger partial charge on any atom is -0.354 e. The quantitative estimate of drug-likeness (QED) is 0.670. The largest absolute Gasteiger partial charge is 0.354 e. The molecule has 0 bridgehead atoms. The van der Waals surface area contributed by atoms with Crippen molar-refractivity contribution in [1.82, 2.24) is 5.32 Å². The number of nitrogens with two attached hydrogens (primary N) is 1. The van der Waals surface area contributed by atoms with Crippen LogP contribution in [-0.4, -0.2) is 18.5 Å². The Morgan fingerprint density at radius 3 is 2.54 bits per heavy atom. The van der Waals surface area contributed by atoms with Crippen LogP contribution >= 0.6 is 0 Å². The Balaban J connectivity index is 2.22. The molecule has 1 amide bonds. The van der Waals surface area contributed by atoms with E-state index in [1.165, 1.54) is 12.8 Å². The van der Waals surface area contributed by atoms with Gasteiger partial charge in [-0.15, -0.1) is 0 Å². The van der Waals surface area contributed by atoms with Gasteiger partial charge in [0.15, 0.2) is 0 Å². The van der Waals surface area contributed by atoms with E-state index in [0.29, 0.717) is 11.8 Å². The monoisotopic (exact) mass is 184 g/mol. The van der Waals surface area contributed by atoms with Crippen LogP contribution in [0, 0.1) is 5.41 Å². The highest BCUT2D eigenvalue weighted by molar-refractivity contribution is 5.81. The fourth-order valence-corrected chi connectivity index (χ4v) is 1.42. The molecule has 1 aliphatic carbocycles. The summed E-state index contributed by atoms with van der Waals surface area (Å²) < 4.78 is 0. The maximum atomic E-state index is 11.3. The number of rotatable bonds is 5. The first kappa shape index (κ1) is 10.5. The van der Waals surface area contributed by atoms with Crippen molar-refractivity contribution in [2.75, 3.05) is 6.54 Å². The zero-order valence-corrected chi connectivity index (χ0v) is 8.60. The van der Waals surface area contributed by atoms with Crippen molar-refractivity contribution in [2.24, 2.45) is 11.1 Å². The molecular weight excluding hydrogens is 164 g/mol. The van der Waals surface area contributed by atoms with Gasteiger partial charge in [0.05, 0.1) is 6.04 Å². The molecule has 1 unspecified atom stereocenters. The van der Waals surface area contributed by atoms with Gasteiger partial charge in [0, 0.05) is 6.54 Å². The summed E-state index contributed by atoms with van der Waals surface area (Å²) in [6.07, 6.45) is 4.38. The summed E-state index contributed by atoms with van der Waals surface area (Å²) in [6.45, 7) is 4.92. The Labute approximate surface area is 80.1 Å². The fourth-order valence-electron chi connectivity index (χ4n) is 1.42. The Morgan fingerprint density at radius 2 is 2.15 bits per heavy atom. The van der Waals surface area contributed by atoms with E-state index in [1.807, 2.05) is 6.92 Å². The van der Waals surface area contributed by atoms with Crippen LogP contribution in [0.15, 0.2) is 0 Å². The fraction of sp³-hybridized carbons (Fsp3) is 0.900. The second-order valence-electron chi connectivity index (χ2n) is 4.09. The molecule has 0 aromatic rings. The zero-order chi connectivity index (χ0) is 9.90. The minimum absolute atomic E-state index is 0.00206. The molecule has 1 atom stereocenters. The molecule has 1 rings (SSSR count). The molecule has 13 heavy (non-hydrogen) atoms. The molecule has 3 nitrogen and oxygen atoms in total. The Kier molecular flexibility index (Phi) is 3.31. The highest BCUT2D eigenvalue weighted by Gasteiger charge is 2.40. The lowest BCUT2D eigenvalue weighted by Gasteiger charge is -2.15. The summed E-state index contributed by atoms with van der Waals surface area (Å²) >= 11 is 0. The molecule has 0 saturated heterocycles. The van der Waals surface area contributed by atoms with Crippen molar-refractivity contribution in [3.8, 4) is 0 Å². The third kappa shape index (κ3) is 2.69. The number of nitrogens with one attached hydrogen (secondary N) is 1. The molecule has 0 spiro atoms. The lowest BCUT2D eigenvalue weighted by molar-refractivity contribution is -0.122. The van der Waals surface area contributed by atoms with Gasteiger partial charge in [0.1, 0.15) is 0 Å². The number of amides is 1. The summed E-state index contributed by atoms with van der Waals surface area (Å²) in [6, 6.07) is -0.326. The van der Waals surface area contributed by atoms with Crippen LogP contribution in [0.2, 0.25) is 0 Å². The van der Waals surface area contributed by atoms with Gasteiger partial charge in [-0.05, 0) is 31.1 Å². The van der Waals surface area contributed by atoms with Gasteiger partial charge >= 0.3 is 0 Å². The Morgan fingerprint density at radius 1 is 1.54 bits per heavy atom. The third-order valence-corrected chi connectivity index (χ3v) is 3.12. The standard InChI is InChI=1S/C10H20N2O/c1-3-8(11)9(13)12-7-10(4-2)5-6-10/h8H,3-7,11H2,1-2H3,(H,12,13). The van der Waals surface area contributed by atoms with Crippen molar-refractivity contribution in [2.45, 2.75) is 45.6 Å². The second kappa shape index (κ2) is 4.09. The van der Waals surface area contributed by atoms with Crippen molar-refractivity contribution < 1.29 is 4.79 Å². The molecule has 1 aliphatic rings. The van der Waals surface area contributed by atoms with Gasteiger partial charge in [-0.25, -0.2) is 0 Å². The molecular formula is C10H20N2O. The number of hydrogen-bond donors (Lipinski definition) is 2. The van der Waals surface area contributed by atoms with Crippen LogP contribution in [-0.2, 0) is 4.79 Å². The molecule has 76 valence electrons. The summed E-state index contributed by atoms with van der Waals surface area (Å²) in [5, 5.41) is 2.92. The van der Waals surface area contributed by atoms with Gasteiger partial charge in [-0.3, -0.25) is 4.79 Å². The van der Waals surface area contributed by atoms with E-state index >= 15 is 0 Å². The van der Waals surface area contributed by atoms with E-state index in [2.05, 4.69) is 12.2 Å². The van der Waals surface area contributed by atoms with E-state index in [4.69, 9.17) is 5.73 Å². The Bertz CT molecular complexity index is 187. The summed E-state index contributed by atoms with van der Waals surface area (Å²) in [4.78, 5) is 11.3. The highest BCUT2D eigenvalue weighted by Crippen LogP contribution is 2.47. The van der Waals surface area contributed by atoms with Crippen molar-refractivity contribution in [1.29, 1.82) is 0 Å². The minimum atomic E-state index is -0.326. The van der Waals surface area contributed by atoms with E-state index in [0.717, 1.165) is 13.0 Å². The molecule has 0 aliphatic heterocycles. The van der Waals surface area contributed by atoms with Crippen LogP contribution in [0.3, 0.4) is 0 Å². The zero-order valence-electron chi connectivity index (χ0n) is 8.60. The molecule has 3 heteroatoms. The van der Waals surface area contributed by atoms with Crippen molar-refractivity contribution in [3.05, 3.63) is 0 Å². The van der Waals surface area contributed by atoms with Gasteiger partial charge in [-0.2, -0.15) is 0 Å². The predicted octanol–water partition coefficient (Wildman–Crippen LogP) is 1.03. The summed E-state index contributed by atoms with van der Waals surface area (Å²) in [7, 11) is 0. The van der Waals surface area contributed by atoms with Gasteiger partial charge in [-0.1, -0.05) is 13.8 Å². The first-order valence-electron chi connectivity index (χ1n) is 5.17. The number of hydrogen-bond acceptors (Lipinski definition) is 2. The van der Waals surface area contributed by atoms with Gasteiger partial charge in [0.2, 0.25) is 5.91 Å². The SMILES string of the molecule is CCC(N)C(=O)NCC1(CC)CC1. The topological polar surface area (TPSA) is 55.1 Å². The molecule has 0 aromatic carbocycles. The summed E-state index contributed by atoms with van der Waals surface area (Å²) in [5.74, 6) is 0.00206. The molecule has 0 heterocycles. The van der Waals surface area contributed by atoms with Gasteiger partial charge < -0.3 is 11.1 Å². The average molecular weight is 184 g/mol.